The van der Waals surface area contributed by atoms with E-state index in [1.807, 2.05) is 30.0 Å². The van der Waals surface area contributed by atoms with Crippen LogP contribution in [0.3, 0.4) is 0 Å². The Morgan fingerprint density at radius 2 is 2.07 bits per heavy atom. The Labute approximate surface area is 97.8 Å². The first-order valence-electron chi connectivity index (χ1n) is 4.81. The van der Waals surface area contributed by atoms with Gasteiger partial charge in [-0.05, 0) is 12.1 Å². The number of benzene rings is 1. The molecule has 1 aliphatic rings. The zero-order valence-corrected chi connectivity index (χ0v) is 9.85. The molecule has 2 rings (SSSR count). The predicted molar refractivity (Wildman–Crippen MR) is 65.4 cm³/mol. The molecule has 1 fully saturated rings. The number of thioether (sulfide) groups is 2. The fraction of sp³-hybridized carbons (Fsp3) is 0.364. The quantitative estimate of drug-likeness (QED) is 0.742. The SMILES string of the molecule is O=C(OC1CSCCS1)c1ccccc1. The lowest BCUT2D eigenvalue weighted by molar-refractivity contribution is 0.0486. The second kappa shape index (κ2) is 5.47. The number of rotatable bonds is 2. The number of ether oxygens (including phenoxy) is 1. The minimum Gasteiger partial charge on any atom is -0.447 e. The first-order chi connectivity index (χ1) is 7.36. The highest BCUT2D eigenvalue weighted by molar-refractivity contribution is 8.06. The molecule has 0 N–H and O–H groups in total. The van der Waals surface area contributed by atoms with E-state index in [4.69, 9.17) is 4.74 Å². The molecule has 1 saturated heterocycles. The molecule has 4 heteroatoms. The largest absolute Gasteiger partial charge is 0.447 e. The van der Waals surface area contributed by atoms with Crippen molar-refractivity contribution in [3.63, 3.8) is 0 Å². The van der Waals surface area contributed by atoms with Crippen LogP contribution in [0.15, 0.2) is 30.3 Å². The van der Waals surface area contributed by atoms with Crippen molar-refractivity contribution in [3.05, 3.63) is 35.9 Å². The second-order valence-corrected chi connectivity index (χ2v) is 5.56. The average Bonchev–Trinajstić information content (AvgIpc) is 2.31. The molecule has 2 nitrogen and oxygen atoms in total. The molecule has 0 amide bonds. The minimum atomic E-state index is -0.212. The van der Waals surface area contributed by atoms with Gasteiger partial charge in [-0.1, -0.05) is 18.2 Å². The molecule has 0 radical (unpaired) electrons. The maximum absolute atomic E-state index is 11.7. The zero-order valence-electron chi connectivity index (χ0n) is 8.22. The van der Waals surface area contributed by atoms with E-state index in [2.05, 4.69) is 0 Å². The van der Waals surface area contributed by atoms with Crippen molar-refractivity contribution in [2.45, 2.75) is 5.44 Å². The molecule has 0 saturated carbocycles. The van der Waals surface area contributed by atoms with E-state index in [0.29, 0.717) is 5.56 Å². The lowest BCUT2D eigenvalue weighted by atomic mass is 10.2. The van der Waals surface area contributed by atoms with Gasteiger partial charge in [-0.25, -0.2) is 4.79 Å². The molecule has 0 aliphatic carbocycles. The average molecular weight is 240 g/mol. The van der Waals surface area contributed by atoms with Gasteiger partial charge in [-0.2, -0.15) is 11.8 Å². The lowest BCUT2D eigenvalue weighted by Crippen LogP contribution is -2.21. The lowest BCUT2D eigenvalue weighted by Gasteiger charge is -2.20. The highest BCUT2D eigenvalue weighted by Gasteiger charge is 2.19. The first kappa shape index (κ1) is 10.9. The number of esters is 1. The maximum Gasteiger partial charge on any atom is 0.339 e. The van der Waals surface area contributed by atoms with Crippen LogP contribution < -0.4 is 0 Å². The normalized spacial score (nSPS) is 20.9. The molecule has 1 aromatic carbocycles. The first-order valence-corrected chi connectivity index (χ1v) is 7.02. The standard InChI is InChI=1S/C11H12O2S2/c12-11(9-4-2-1-3-5-9)13-10-8-14-6-7-15-10/h1-5,10H,6-8H2. The van der Waals surface area contributed by atoms with E-state index in [1.54, 1.807) is 23.9 Å². The summed E-state index contributed by atoms with van der Waals surface area (Å²) < 4.78 is 5.38. The number of hydrogen-bond donors (Lipinski definition) is 0. The van der Waals surface area contributed by atoms with Gasteiger partial charge >= 0.3 is 5.97 Å². The molecule has 1 aromatic rings. The summed E-state index contributed by atoms with van der Waals surface area (Å²) in [5.41, 5.74) is 0.658. The molecule has 0 spiro atoms. The van der Waals surface area contributed by atoms with E-state index in [-0.39, 0.29) is 11.4 Å². The van der Waals surface area contributed by atoms with Crippen LogP contribution in [0.4, 0.5) is 0 Å². The summed E-state index contributed by atoms with van der Waals surface area (Å²) in [7, 11) is 0. The third-order valence-corrected chi connectivity index (χ3v) is 4.61. The van der Waals surface area contributed by atoms with Gasteiger partial charge in [0.05, 0.1) is 5.56 Å². The highest BCUT2D eigenvalue weighted by Crippen LogP contribution is 2.25. The number of hydrogen-bond acceptors (Lipinski definition) is 4. The second-order valence-electron chi connectivity index (χ2n) is 3.15. The fourth-order valence-electron chi connectivity index (χ4n) is 1.30. The maximum atomic E-state index is 11.7. The van der Waals surface area contributed by atoms with Crippen molar-refractivity contribution in [2.75, 3.05) is 17.3 Å². The molecule has 1 unspecified atom stereocenters. The van der Waals surface area contributed by atoms with Crippen molar-refractivity contribution >= 4 is 29.5 Å². The van der Waals surface area contributed by atoms with Crippen LogP contribution in [0.1, 0.15) is 10.4 Å². The number of carbonyl (C=O) groups excluding carboxylic acids is 1. The Morgan fingerprint density at radius 1 is 1.27 bits per heavy atom. The summed E-state index contributed by atoms with van der Waals surface area (Å²) in [6, 6.07) is 9.15. The third-order valence-electron chi connectivity index (χ3n) is 2.03. The molecule has 1 heterocycles. The molecule has 80 valence electrons. The van der Waals surface area contributed by atoms with E-state index >= 15 is 0 Å². The van der Waals surface area contributed by atoms with Gasteiger partial charge in [0.15, 0.2) is 5.44 Å². The summed E-state index contributed by atoms with van der Waals surface area (Å²) in [6.07, 6.45) is 0. The number of carbonyl (C=O) groups is 1. The van der Waals surface area contributed by atoms with Crippen molar-refractivity contribution in [1.29, 1.82) is 0 Å². The summed E-state index contributed by atoms with van der Waals surface area (Å²) >= 11 is 3.56. The minimum absolute atomic E-state index is 0.0245. The zero-order chi connectivity index (χ0) is 10.5. The van der Waals surface area contributed by atoms with Crippen LogP contribution in [0.25, 0.3) is 0 Å². The van der Waals surface area contributed by atoms with Gasteiger partial charge in [0.2, 0.25) is 0 Å². The highest BCUT2D eigenvalue weighted by atomic mass is 32.2. The topological polar surface area (TPSA) is 26.3 Å². The Bertz CT molecular complexity index is 321. The van der Waals surface area contributed by atoms with Gasteiger partial charge in [0, 0.05) is 17.3 Å². The van der Waals surface area contributed by atoms with Gasteiger partial charge in [-0.3, -0.25) is 0 Å². The van der Waals surface area contributed by atoms with Crippen LogP contribution in [0.5, 0.6) is 0 Å². The van der Waals surface area contributed by atoms with Crippen molar-refractivity contribution in [2.24, 2.45) is 0 Å². The van der Waals surface area contributed by atoms with Crippen LogP contribution in [-0.4, -0.2) is 28.7 Å². The molecular formula is C11H12O2S2. The van der Waals surface area contributed by atoms with E-state index in [0.717, 1.165) is 17.3 Å². The molecule has 15 heavy (non-hydrogen) atoms. The Hall–Kier alpha value is -0.610. The van der Waals surface area contributed by atoms with Gasteiger partial charge in [-0.15, -0.1) is 11.8 Å². The van der Waals surface area contributed by atoms with E-state index < -0.39 is 0 Å². The third kappa shape index (κ3) is 3.18. The van der Waals surface area contributed by atoms with Gasteiger partial charge in [0.1, 0.15) is 0 Å². The monoisotopic (exact) mass is 240 g/mol. The smallest absolute Gasteiger partial charge is 0.339 e. The van der Waals surface area contributed by atoms with Crippen LogP contribution >= 0.6 is 23.5 Å². The Kier molecular flexibility index (Phi) is 3.97. The Morgan fingerprint density at radius 3 is 2.73 bits per heavy atom. The molecule has 1 aliphatic heterocycles. The van der Waals surface area contributed by atoms with Gasteiger partial charge in [0.25, 0.3) is 0 Å². The summed E-state index contributed by atoms with van der Waals surface area (Å²) in [6.45, 7) is 0. The summed E-state index contributed by atoms with van der Waals surface area (Å²) in [5.74, 6) is 2.92. The Balaban J connectivity index is 1.91. The molecule has 1 atom stereocenters. The predicted octanol–water partition coefficient (Wildman–Crippen LogP) is 2.65. The molecular weight excluding hydrogens is 228 g/mol. The van der Waals surface area contributed by atoms with Crippen LogP contribution in [0.2, 0.25) is 0 Å². The van der Waals surface area contributed by atoms with E-state index in [9.17, 15) is 4.79 Å². The summed E-state index contributed by atoms with van der Waals surface area (Å²) in [5, 5.41) is 0. The van der Waals surface area contributed by atoms with Crippen molar-refractivity contribution in [1.82, 2.24) is 0 Å². The van der Waals surface area contributed by atoms with E-state index in [1.165, 1.54) is 0 Å². The van der Waals surface area contributed by atoms with Crippen molar-refractivity contribution < 1.29 is 9.53 Å². The van der Waals surface area contributed by atoms with Crippen LogP contribution in [-0.2, 0) is 4.74 Å². The fourth-order valence-corrected chi connectivity index (χ4v) is 3.67. The van der Waals surface area contributed by atoms with Gasteiger partial charge < -0.3 is 4.74 Å². The molecule has 0 bridgehead atoms. The molecule has 0 aromatic heterocycles. The van der Waals surface area contributed by atoms with Crippen molar-refractivity contribution in [3.8, 4) is 0 Å². The van der Waals surface area contributed by atoms with Crippen LogP contribution in [0, 0.1) is 0 Å². The summed E-state index contributed by atoms with van der Waals surface area (Å²) in [4.78, 5) is 11.7.